The van der Waals surface area contributed by atoms with Crippen LogP contribution in [0.3, 0.4) is 0 Å². The quantitative estimate of drug-likeness (QED) is 0.641. The molecule has 0 saturated heterocycles. The van der Waals surface area contributed by atoms with Gasteiger partial charge in [0.05, 0.1) is 18.4 Å². The van der Waals surface area contributed by atoms with Gasteiger partial charge in [0.2, 0.25) is 0 Å². The summed E-state index contributed by atoms with van der Waals surface area (Å²) >= 11 is 3.24. The van der Waals surface area contributed by atoms with Gasteiger partial charge in [-0.15, -0.1) is 0 Å². The third-order valence-electron chi connectivity index (χ3n) is 1.73. The van der Waals surface area contributed by atoms with Gasteiger partial charge in [0.1, 0.15) is 5.75 Å². The smallest absolute Gasteiger partial charge is 0.165 e. The van der Waals surface area contributed by atoms with Gasteiger partial charge in [-0.05, 0) is 35.0 Å². The summed E-state index contributed by atoms with van der Waals surface area (Å²) in [5.41, 5.74) is 6.56. The lowest BCUT2D eigenvalue weighted by molar-refractivity contribution is 0.101. The predicted octanol–water partition coefficient (Wildman–Crippen LogP) is 2.24. The number of carbonyl (C=O) groups excluding carboxylic acids is 1. The van der Waals surface area contributed by atoms with Crippen molar-refractivity contribution < 1.29 is 9.53 Å². The van der Waals surface area contributed by atoms with Crippen LogP contribution >= 0.6 is 15.9 Å². The molecule has 0 heterocycles. The first-order chi connectivity index (χ1) is 6.07. The summed E-state index contributed by atoms with van der Waals surface area (Å²) in [6, 6.07) is 3.46. The van der Waals surface area contributed by atoms with E-state index < -0.39 is 0 Å². The van der Waals surface area contributed by atoms with Crippen LogP contribution in [0.15, 0.2) is 16.6 Å². The van der Waals surface area contributed by atoms with Crippen LogP contribution in [-0.4, -0.2) is 12.9 Å². The summed E-state index contributed by atoms with van der Waals surface area (Å²) in [6.45, 7) is 1.46. The molecule has 0 atom stereocenters. The molecule has 0 aliphatic carbocycles. The van der Waals surface area contributed by atoms with E-state index >= 15 is 0 Å². The second-order valence-electron chi connectivity index (χ2n) is 2.59. The summed E-state index contributed by atoms with van der Waals surface area (Å²) in [5, 5.41) is 0. The van der Waals surface area contributed by atoms with Crippen LogP contribution in [0.25, 0.3) is 0 Å². The Balaban J connectivity index is 3.41. The number of halogens is 1. The highest BCUT2D eigenvalue weighted by Crippen LogP contribution is 2.31. The van der Waals surface area contributed by atoms with Crippen LogP contribution < -0.4 is 10.5 Å². The van der Waals surface area contributed by atoms with Gasteiger partial charge in [-0.1, -0.05) is 0 Å². The van der Waals surface area contributed by atoms with Crippen LogP contribution in [0.5, 0.6) is 5.75 Å². The summed E-state index contributed by atoms with van der Waals surface area (Å²) in [4.78, 5) is 11.2. The third-order valence-corrected chi connectivity index (χ3v) is 2.42. The summed E-state index contributed by atoms with van der Waals surface area (Å²) < 4.78 is 5.73. The number of ether oxygens (including phenoxy) is 1. The molecule has 0 unspecified atom stereocenters. The van der Waals surface area contributed by atoms with Gasteiger partial charge in [0.15, 0.2) is 5.78 Å². The number of rotatable bonds is 2. The Hall–Kier alpha value is -1.03. The van der Waals surface area contributed by atoms with Crippen molar-refractivity contribution >= 4 is 27.4 Å². The van der Waals surface area contributed by atoms with E-state index in [4.69, 9.17) is 10.5 Å². The molecule has 4 heteroatoms. The van der Waals surface area contributed by atoms with E-state index in [9.17, 15) is 4.79 Å². The van der Waals surface area contributed by atoms with Gasteiger partial charge >= 0.3 is 0 Å². The highest BCUT2D eigenvalue weighted by atomic mass is 79.9. The van der Waals surface area contributed by atoms with Crippen molar-refractivity contribution in [3.8, 4) is 5.75 Å². The molecule has 1 aromatic rings. The number of nitrogens with two attached hydrogens (primary N) is 1. The average molecular weight is 244 g/mol. The van der Waals surface area contributed by atoms with E-state index in [2.05, 4.69) is 15.9 Å². The highest BCUT2D eigenvalue weighted by molar-refractivity contribution is 9.10. The van der Waals surface area contributed by atoms with Gasteiger partial charge in [-0.25, -0.2) is 0 Å². The van der Waals surface area contributed by atoms with Crippen LogP contribution in [0.2, 0.25) is 0 Å². The van der Waals surface area contributed by atoms with Crippen molar-refractivity contribution in [3.63, 3.8) is 0 Å². The second kappa shape index (κ2) is 3.79. The van der Waals surface area contributed by atoms with E-state index in [0.717, 1.165) is 0 Å². The number of hydrogen-bond donors (Lipinski definition) is 1. The molecule has 3 nitrogen and oxygen atoms in total. The minimum atomic E-state index is -0.101. The number of methoxy groups -OCH3 is 1. The van der Waals surface area contributed by atoms with Gasteiger partial charge in [0, 0.05) is 4.47 Å². The van der Waals surface area contributed by atoms with Crippen molar-refractivity contribution in [3.05, 3.63) is 22.2 Å². The standard InChI is InChI=1S/C9H10BrNO2/c1-5(12)8-7(13-2)4-3-6(10)9(8)11/h3-4H,11H2,1-2H3. The molecule has 2 N–H and O–H groups in total. The molecule has 1 aromatic carbocycles. The molecule has 0 aliphatic rings. The topological polar surface area (TPSA) is 52.3 Å². The fraction of sp³-hybridized carbons (Fsp3) is 0.222. The first-order valence-electron chi connectivity index (χ1n) is 3.70. The van der Waals surface area contributed by atoms with E-state index in [0.29, 0.717) is 21.5 Å². The number of Topliss-reactive ketones (excluding diaryl/α,β-unsaturated/α-hetero) is 1. The molecular formula is C9H10BrNO2. The molecule has 1 rings (SSSR count). The molecule has 0 fully saturated rings. The largest absolute Gasteiger partial charge is 0.496 e. The fourth-order valence-corrected chi connectivity index (χ4v) is 1.44. The van der Waals surface area contributed by atoms with E-state index in [-0.39, 0.29) is 5.78 Å². The monoisotopic (exact) mass is 243 g/mol. The highest BCUT2D eigenvalue weighted by Gasteiger charge is 2.13. The molecule has 0 aliphatic heterocycles. The number of carbonyl (C=O) groups is 1. The van der Waals surface area contributed by atoms with Crippen LogP contribution in [-0.2, 0) is 0 Å². The van der Waals surface area contributed by atoms with Crippen molar-refractivity contribution in [2.45, 2.75) is 6.92 Å². The Morgan fingerprint density at radius 1 is 1.54 bits per heavy atom. The summed E-state index contributed by atoms with van der Waals surface area (Å²) in [7, 11) is 1.51. The van der Waals surface area contributed by atoms with Gasteiger partial charge in [-0.3, -0.25) is 4.79 Å². The lowest BCUT2D eigenvalue weighted by Crippen LogP contribution is -2.03. The van der Waals surface area contributed by atoms with Crippen LogP contribution in [0, 0.1) is 0 Å². The molecule has 0 spiro atoms. The van der Waals surface area contributed by atoms with Crippen molar-refractivity contribution in [2.75, 3.05) is 12.8 Å². The van der Waals surface area contributed by atoms with Gasteiger partial charge < -0.3 is 10.5 Å². The van der Waals surface area contributed by atoms with Gasteiger partial charge in [0.25, 0.3) is 0 Å². The Labute approximate surface area is 85.0 Å². The van der Waals surface area contributed by atoms with Gasteiger partial charge in [-0.2, -0.15) is 0 Å². The molecule has 0 aromatic heterocycles. The molecular weight excluding hydrogens is 234 g/mol. The molecule has 0 bridgehead atoms. The molecule has 70 valence electrons. The number of nitrogen functional groups attached to an aromatic ring is 1. The van der Waals surface area contributed by atoms with Crippen molar-refractivity contribution in [2.24, 2.45) is 0 Å². The fourth-order valence-electron chi connectivity index (χ4n) is 1.11. The van der Waals surface area contributed by atoms with E-state index in [1.54, 1.807) is 12.1 Å². The van der Waals surface area contributed by atoms with Crippen LogP contribution in [0.4, 0.5) is 5.69 Å². The zero-order chi connectivity index (χ0) is 10.0. The molecule has 0 amide bonds. The predicted molar refractivity (Wildman–Crippen MR) is 55.1 cm³/mol. The zero-order valence-electron chi connectivity index (χ0n) is 7.43. The molecule has 0 saturated carbocycles. The second-order valence-corrected chi connectivity index (χ2v) is 3.45. The Morgan fingerprint density at radius 2 is 2.15 bits per heavy atom. The van der Waals surface area contributed by atoms with E-state index in [1.807, 2.05) is 0 Å². The number of ketones is 1. The Bertz CT molecular complexity index is 350. The van der Waals surface area contributed by atoms with Crippen LogP contribution in [0.1, 0.15) is 17.3 Å². The lowest BCUT2D eigenvalue weighted by atomic mass is 10.1. The number of benzene rings is 1. The lowest BCUT2D eigenvalue weighted by Gasteiger charge is -2.09. The average Bonchev–Trinajstić information content (AvgIpc) is 2.08. The third kappa shape index (κ3) is 1.83. The van der Waals surface area contributed by atoms with Crippen molar-refractivity contribution in [1.82, 2.24) is 0 Å². The zero-order valence-corrected chi connectivity index (χ0v) is 9.01. The molecule has 0 radical (unpaired) electrons. The SMILES string of the molecule is COc1ccc(Br)c(N)c1C(C)=O. The Kier molecular flexibility index (Phi) is 2.93. The number of anilines is 1. The summed E-state index contributed by atoms with van der Waals surface area (Å²) in [5.74, 6) is 0.406. The minimum Gasteiger partial charge on any atom is -0.496 e. The molecule has 13 heavy (non-hydrogen) atoms. The maximum Gasteiger partial charge on any atom is 0.165 e. The van der Waals surface area contributed by atoms with Crippen molar-refractivity contribution in [1.29, 1.82) is 0 Å². The first kappa shape index (κ1) is 10.1. The van der Waals surface area contributed by atoms with E-state index in [1.165, 1.54) is 14.0 Å². The number of hydrogen-bond acceptors (Lipinski definition) is 3. The normalized spacial score (nSPS) is 9.77. The summed E-state index contributed by atoms with van der Waals surface area (Å²) in [6.07, 6.45) is 0. The Morgan fingerprint density at radius 3 is 2.62 bits per heavy atom. The first-order valence-corrected chi connectivity index (χ1v) is 4.50. The maximum atomic E-state index is 11.2. The maximum absolute atomic E-state index is 11.2. The minimum absolute atomic E-state index is 0.101.